The summed E-state index contributed by atoms with van der Waals surface area (Å²) in [6, 6.07) is 14.2. The standard InChI is InChI=1S/C20H21N3O2S2/c1-15-7-8-17(25-15)13-18-19(24)23(20(26)27-18)14-21-9-11-22(12-10-21)16-5-3-2-4-6-16/h2-8,13H,9-12,14H2,1H3/b18-13-. The van der Waals surface area contributed by atoms with E-state index < -0.39 is 0 Å². The van der Waals surface area contributed by atoms with E-state index in [4.69, 9.17) is 16.6 Å². The van der Waals surface area contributed by atoms with E-state index >= 15 is 0 Å². The van der Waals surface area contributed by atoms with Crippen LogP contribution in [0, 0.1) is 6.92 Å². The van der Waals surface area contributed by atoms with Gasteiger partial charge in [0.2, 0.25) is 0 Å². The number of piperazine rings is 1. The van der Waals surface area contributed by atoms with Gasteiger partial charge in [-0.2, -0.15) is 0 Å². The molecule has 0 N–H and O–H groups in total. The van der Waals surface area contributed by atoms with Crippen LogP contribution in [0.5, 0.6) is 0 Å². The largest absolute Gasteiger partial charge is 0.462 e. The third kappa shape index (κ3) is 4.10. The second-order valence-electron chi connectivity index (χ2n) is 6.64. The van der Waals surface area contributed by atoms with E-state index in [1.54, 1.807) is 11.0 Å². The SMILES string of the molecule is Cc1ccc(/C=C2\SC(=S)N(CN3CCN(c4ccccc4)CC3)C2=O)o1. The van der Waals surface area contributed by atoms with Gasteiger partial charge in [-0.25, -0.2) is 0 Å². The van der Waals surface area contributed by atoms with Crippen molar-refractivity contribution in [2.75, 3.05) is 37.7 Å². The molecule has 0 aliphatic carbocycles. The average Bonchev–Trinajstić information content (AvgIpc) is 3.21. The van der Waals surface area contributed by atoms with Gasteiger partial charge in [0, 0.05) is 37.9 Å². The van der Waals surface area contributed by atoms with E-state index in [1.807, 2.05) is 25.1 Å². The van der Waals surface area contributed by atoms with Crippen molar-refractivity contribution in [1.29, 1.82) is 0 Å². The average molecular weight is 400 g/mol. The van der Waals surface area contributed by atoms with Gasteiger partial charge in [-0.1, -0.05) is 42.2 Å². The third-order valence-electron chi connectivity index (χ3n) is 4.74. The van der Waals surface area contributed by atoms with Crippen molar-refractivity contribution >= 4 is 46.0 Å². The lowest BCUT2D eigenvalue weighted by Crippen LogP contribution is -2.50. The lowest BCUT2D eigenvalue weighted by Gasteiger charge is -2.37. The van der Waals surface area contributed by atoms with Crippen LogP contribution in [-0.2, 0) is 4.79 Å². The minimum atomic E-state index is -0.0375. The number of carbonyl (C=O) groups is 1. The highest BCUT2D eigenvalue weighted by molar-refractivity contribution is 8.26. The monoisotopic (exact) mass is 399 g/mol. The second-order valence-corrected chi connectivity index (χ2v) is 8.32. The Morgan fingerprint density at radius 1 is 1.11 bits per heavy atom. The van der Waals surface area contributed by atoms with Gasteiger partial charge in [0.15, 0.2) is 0 Å². The number of hydrogen-bond donors (Lipinski definition) is 0. The molecule has 2 fully saturated rings. The van der Waals surface area contributed by atoms with Crippen molar-refractivity contribution < 1.29 is 9.21 Å². The smallest absolute Gasteiger partial charge is 0.267 e. The fraction of sp³-hybridized carbons (Fsp3) is 0.300. The van der Waals surface area contributed by atoms with Crippen LogP contribution in [0.1, 0.15) is 11.5 Å². The Morgan fingerprint density at radius 3 is 2.52 bits per heavy atom. The Balaban J connectivity index is 1.37. The molecule has 1 amide bonds. The van der Waals surface area contributed by atoms with Crippen molar-refractivity contribution in [3.63, 3.8) is 0 Å². The topological polar surface area (TPSA) is 39.9 Å². The highest BCUT2D eigenvalue weighted by atomic mass is 32.2. The Morgan fingerprint density at radius 2 is 1.85 bits per heavy atom. The second kappa shape index (κ2) is 7.88. The van der Waals surface area contributed by atoms with E-state index in [0.29, 0.717) is 21.7 Å². The van der Waals surface area contributed by atoms with Gasteiger partial charge < -0.3 is 9.32 Å². The number of thiocarbonyl (C=S) groups is 1. The van der Waals surface area contributed by atoms with Crippen molar-refractivity contribution in [2.45, 2.75) is 6.92 Å². The first-order chi connectivity index (χ1) is 13.1. The van der Waals surface area contributed by atoms with Gasteiger partial charge in [-0.3, -0.25) is 14.6 Å². The normalized spacial score (nSPS) is 20.1. The molecule has 2 saturated heterocycles. The summed E-state index contributed by atoms with van der Waals surface area (Å²) in [5.74, 6) is 1.47. The number of aryl methyl sites for hydroxylation is 1. The van der Waals surface area contributed by atoms with Crippen LogP contribution in [0.4, 0.5) is 5.69 Å². The van der Waals surface area contributed by atoms with Crippen molar-refractivity contribution in [3.8, 4) is 0 Å². The number of carbonyl (C=O) groups excluding carboxylic acids is 1. The van der Waals surface area contributed by atoms with Gasteiger partial charge in [0.05, 0.1) is 11.6 Å². The first kappa shape index (κ1) is 18.3. The number of rotatable bonds is 4. The summed E-state index contributed by atoms with van der Waals surface area (Å²) in [5.41, 5.74) is 1.25. The van der Waals surface area contributed by atoms with E-state index in [9.17, 15) is 4.79 Å². The zero-order valence-electron chi connectivity index (χ0n) is 15.1. The first-order valence-electron chi connectivity index (χ1n) is 8.94. The van der Waals surface area contributed by atoms with Crippen LogP contribution in [0.15, 0.2) is 51.8 Å². The molecule has 4 rings (SSSR count). The number of thioether (sulfide) groups is 1. The quantitative estimate of drug-likeness (QED) is 0.578. The molecule has 0 atom stereocenters. The maximum Gasteiger partial charge on any atom is 0.267 e. The molecule has 2 aliphatic rings. The maximum absolute atomic E-state index is 12.8. The van der Waals surface area contributed by atoms with Gasteiger partial charge in [-0.15, -0.1) is 0 Å². The molecule has 27 heavy (non-hydrogen) atoms. The van der Waals surface area contributed by atoms with E-state index in [1.165, 1.54) is 17.4 Å². The zero-order valence-corrected chi connectivity index (χ0v) is 16.8. The van der Waals surface area contributed by atoms with Gasteiger partial charge in [0.1, 0.15) is 15.8 Å². The van der Waals surface area contributed by atoms with Crippen LogP contribution in [0.2, 0.25) is 0 Å². The summed E-state index contributed by atoms with van der Waals surface area (Å²) in [6.07, 6.45) is 1.78. The maximum atomic E-state index is 12.8. The summed E-state index contributed by atoms with van der Waals surface area (Å²) < 4.78 is 6.16. The number of para-hydroxylation sites is 1. The number of amides is 1. The number of nitrogens with zero attached hydrogens (tertiary/aromatic N) is 3. The van der Waals surface area contributed by atoms with Crippen LogP contribution >= 0.6 is 24.0 Å². The van der Waals surface area contributed by atoms with Gasteiger partial charge in [-0.05, 0) is 31.2 Å². The molecule has 2 aliphatic heterocycles. The lowest BCUT2D eigenvalue weighted by molar-refractivity contribution is -0.123. The summed E-state index contributed by atoms with van der Waals surface area (Å²) in [5, 5.41) is 0. The summed E-state index contributed by atoms with van der Waals surface area (Å²) in [6.45, 7) is 6.13. The van der Waals surface area contributed by atoms with Crippen LogP contribution < -0.4 is 4.90 Å². The molecule has 0 spiro atoms. The molecule has 5 nitrogen and oxygen atoms in total. The molecule has 0 saturated carbocycles. The van der Waals surface area contributed by atoms with Crippen molar-refractivity contribution in [1.82, 2.24) is 9.80 Å². The molecule has 0 bridgehead atoms. The van der Waals surface area contributed by atoms with Crippen LogP contribution in [-0.4, -0.2) is 52.9 Å². The zero-order chi connectivity index (χ0) is 18.8. The van der Waals surface area contributed by atoms with Crippen molar-refractivity contribution in [3.05, 3.63) is 58.9 Å². The van der Waals surface area contributed by atoms with Gasteiger partial charge in [0.25, 0.3) is 5.91 Å². The van der Waals surface area contributed by atoms with Gasteiger partial charge >= 0.3 is 0 Å². The predicted molar refractivity (Wildman–Crippen MR) is 114 cm³/mol. The molecule has 1 aromatic heterocycles. The Labute approximate surface area is 168 Å². The third-order valence-corrected chi connectivity index (χ3v) is 6.12. The first-order valence-corrected chi connectivity index (χ1v) is 10.2. The molecular formula is C20H21N3O2S2. The summed E-state index contributed by atoms with van der Waals surface area (Å²) in [7, 11) is 0. The minimum absolute atomic E-state index is 0.0375. The lowest BCUT2D eigenvalue weighted by atomic mass is 10.2. The Bertz CT molecular complexity index is 870. The van der Waals surface area contributed by atoms with Crippen LogP contribution in [0.25, 0.3) is 6.08 Å². The molecule has 3 heterocycles. The van der Waals surface area contributed by atoms with Crippen molar-refractivity contribution in [2.24, 2.45) is 0 Å². The minimum Gasteiger partial charge on any atom is -0.462 e. The van der Waals surface area contributed by atoms with Crippen LogP contribution in [0.3, 0.4) is 0 Å². The van der Waals surface area contributed by atoms with E-state index in [0.717, 1.165) is 31.9 Å². The molecule has 1 aromatic carbocycles. The molecule has 0 unspecified atom stereocenters. The molecule has 0 radical (unpaired) electrons. The van der Waals surface area contributed by atoms with E-state index in [2.05, 4.69) is 34.1 Å². The Kier molecular flexibility index (Phi) is 5.33. The number of furan rings is 1. The number of anilines is 1. The van der Waals surface area contributed by atoms with E-state index in [-0.39, 0.29) is 5.91 Å². The molecular weight excluding hydrogens is 378 g/mol. The number of benzene rings is 1. The molecule has 7 heteroatoms. The fourth-order valence-corrected chi connectivity index (χ4v) is 4.49. The number of hydrogen-bond acceptors (Lipinski definition) is 6. The summed E-state index contributed by atoms with van der Waals surface area (Å²) in [4.78, 5) is 19.7. The molecule has 2 aromatic rings. The fourth-order valence-electron chi connectivity index (χ4n) is 3.27. The predicted octanol–water partition coefficient (Wildman–Crippen LogP) is 3.57. The highest BCUT2D eigenvalue weighted by Gasteiger charge is 2.34. The Hall–Kier alpha value is -2.09. The molecule has 140 valence electrons. The summed E-state index contributed by atoms with van der Waals surface area (Å²) >= 11 is 6.79. The highest BCUT2D eigenvalue weighted by Crippen LogP contribution is 2.33.